The summed E-state index contributed by atoms with van der Waals surface area (Å²) < 4.78 is 0. The van der Waals surface area contributed by atoms with Gasteiger partial charge in [-0.2, -0.15) is 0 Å². The number of unbranched alkanes of at least 4 members (excludes halogenated alkanes) is 1. The smallest absolute Gasteiger partial charge is 0.0956 e. The molecule has 114 valence electrons. The van der Waals surface area contributed by atoms with E-state index in [1.807, 2.05) is 0 Å². The van der Waals surface area contributed by atoms with Crippen LogP contribution in [0.3, 0.4) is 0 Å². The van der Waals surface area contributed by atoms with E-state index >= 15 is 0 Å². The molecule has 1 aliphatic carbocycles. The van der Waals surface area contributed by atoms with Crippen molar-refractivity contribution in [2.75, 3.05) is 0 Å². The Kier molecular flexibility index (Phi) is 6.03. The molecule has 0 amide bonds. The van der Waals surface area contributed by atoms with Gasteiger partial charge < -0.3 is 5.11 Å². The summed E-state index contributed by atoms with van der Waals surface area (Å²) in [5.74, 6) is 1.42. The molecule has 1 atom stereocenters. The maximum atomic E-state index is 10.5. The van der Waals surface area contributed by atoms with E-state index in [9.17, 15) is 5.11 Å². The maximum absolute atomic E-state index is 10.5. The second-order valence-corrected chi connectivity index (χ2v) is 7.73. The van der Waals surface area contributed by atoms with Crippen LogP contribution in [0.15, 0.2) is 0 Å². The van der Waals surface area contributed by atoms with Crippen molar-refractivity contribution in [3.05, 3.63) is 15.6 Å². The van der Waals surface area contributed by atoms with Crippen molar-refractivity contribution in [2.45, 2.75) is 78.2 Å². The molecule has 0 radical (unpaired) electrons. The van der Waals surface area contributed by atoms with E-state index in [1.165, 1.54) is 49.8 Å². The largest absolute Gasteiger partial charge is 0.392 e. The van der Waals surface area contributed by atoms with Gasteiger partial charge in [0.25, 0.3) is 0 Å². The lowest BCUT2D eigenvalue weighted by Crippen LogP contribution is -2.27. The van der Waals surface area contributed by atoms with E-state index in [0.717, 1.165) is 23.0 Å². The maximum Gasteiger partial charge on any atom is 0.0956 e. The Morgan fingerprint density at radius 3 is 2.50 bits per heavy atom. The standard InChI is InChI=1S/C17H29NOS/c1-4-5-6-14-7-9-15(10-8-14)16(19)11-17-18-12(2)13(3)20-17/h14-16,19H,4-11H2,1-3H3. The van der Waals surface area contributed by atoms with Gasteiger partial charge in [0.05, 0.1) is 16.8 Å². The molecule has 1 aliphatic rings. The van der Waals surface area contributed by atoms with Crippen LogP contribution in [-0.4, -0.2) is 16.2 Å². The molecule has 0 saturated heterocycles. The average molecular weight is 295 g/mol. The number of aliphatic hydroxyl groups is 1. The molecule has 1 fully saturated rings. The Balaban J connectivity index is 1.78. The third-order valence-corrected chi connectivity index (χ3v) is 5.95. The molecule has 0 spiro atoms. The normalized spacial score (nSPS) is 24.8. The van der Waals surface area contributed by atoms with Gasteiger partial charge in [-0.3, -0.25) is 0 Å². The molecule has 1 unspecified atom stereocenters. The summed E-state index contributed by atoms with van der Waals surface area (Å²) in [5, 5.41) is 11.6. The molecule has 2 rings (SSSR count). The van der Waals surface area contributed by atoms with Crippen molar-refractivity contribution in [1.82, 2.24) is 4.98 Å². The first-order chi connectivity index (χ1) is 9.60. The fourth-order valence-corrected chi connectivity index (χ4v) is 4.31. The number of aryl methyl sites for hydroxylation is 2. The summed E-state index contributed by atoms with van der Waals surface area (Å²) in [6, 6.07) is 0. The van der Waals surface area contributed by atoms with Crippen LogP contribution in [0, 0.1) is 25.7 Å². The number of rotatable bonds is 6. The Hall–Kier alpha value is -0.410. The van der Waals surface area contributed by atoms with Gasteiger partial charge in [-0.25, -0.2) is 4.98 Å². The van der Waals surface area contributed by atoms with Gasteiger partial charge in [0.1, 0.15) is 0 Å². The van der Waals surface area contributed by atoms with E-state index in [0.29, 0.717) is 5.92 Å². The van der Waals surface area contributed by atoms with Crippen LogP contribution in [0.4, 0.5) is 0 Å². The molecular weight excluding hydrogens is 266 g/mol. The first-order valence-electron chi connectivity index (χ1n) is 8.21. The van der Waals surface area contributed by atoms with Gasteiger partial charge in [0, 0.05) is 11.3 Å². The number of thiazole rings is 1. The van der Waals surface area contributed by atoms with Gasteiger partial charge in [-0.05, 0) is 38.5 Å². The molecule has 1 aromatic heterocycles. The lowest BCUT2D eigenvalue weighted by Gasteiger charge is -2.31. The van der Waals surface area contributed by atoms with Crippen LogP contribution < -0.4 is 0 Å². The first kappa shape index (κ1) is 16.0. The third-order valence-electron chi connectivity index (χ3n) is 4.86. The lowest BCUT2D eigenvalue weighted by molar-refractivity contribution is 0.0725. The second-order valence-electron chi connectivity index (χ2n) is 6.44. The molecule has 2 nitrogen and oxygen atoms in total. The second kappa shape index (κ2) is 7.56. The van der Waals surface area contributed by atoms with E-state index in [2.05, 4.69) is 25.8 Å². The van der Waals surface area contributed by atoms with Gasteiger partial charge >= 0.3 is 0 Å². The number of aromatic nitrogens is 1. The van der Waals surface area contributed by atoms with Gasteiger partial charge in [0.15, 0.2) is 0 Å². The van der Waals surface area contributed by atoms with Crippen molar-refractivity contribution < 1.29 is 5.11 Å². The minimum atomic E-state index is -0.188. The van der Waals surface area contributed by atoms with Crippen molar-refractivity contribution in [3.8, 4) is 0 Å². The predicted molar refractivity (Wildman–Crippen MR) is 86.3 cm³/mol. The van der Waals surface area contributed by atoms with Crippen LogP contribution in [0.2, 0.25) is 0 Å². The van der Waals surface area contributed by atoms with E-state index in [4.69, 9.17) is 0 Å². The quantitative estimate of drug-likeness (QED) is 0.828. The number of nitrogens with zero attached hydrogens (tertiary/aromatic N) is 1. The highest BCUT2D eigenvalue weighted by Crippen LogP contribution is 2.34. The Morgan fingerprint density at radius 1 is 1.25 bits per heavy atom. The summed E-state index contributed by atoms with van der Waals surface area (Å²) in [7, 11) is 0. The van der Waals surface area contributed by atoms with Crippen molar-refractivity contribution in [1.29, 1.82) is 0 Å². The van der Waals surface area contributed by atoms with Crippen molar-refractivity contribution in [3.63, 3.8) is 0 Å². The summed E-state index contributed by atoms with van der Waals surface area (Å²) >= 11 is 1.75. The average Bonchev–Trinajstić information content (AvgIpc) is 2.75. The summed E-state index contributed by atoms with van der Waals surface area (Å²) in [4.78, 5) is 5.85. The minimum Gasteiger partial charge on any atom is -0.392 e. The molecular formula is C17H29NOS. The van der Waals surface area contributed by atoms with Crippen molar-refractivity contribution >= 4 is 11.3 Å². The Morgan fingerprint density at radius 2 is 1.95 bits per heavy atom. The molecule has 1 N–H and O–H groups in total. The van der Waals surface area contributed by atoms with Crippen molar-refractivity contribution in [2.24, 2.45) is 11.8 Å². The van der Waals surface area contributed by atoms with Gasteiger partial charge in [-0.15, -0.1) is 11.3 Å². The molecule has 0 aliphatic heterocycles. The molecule has 3 heteroatoms. The van der Waals surface area contributed by atoms with Gasteiger partial charge in [0.2, 0.25) is 0 Å². The van der Waals surface area contributed by atoms with Crippen LogP contribution in [-0.2, 0) is 6.42 Å². The van der Waals surface area contributed by atoms with Crippen LogP contribution >= 0.6 is 11.3 Å². The zero-order valence-corrected chi connectivity index (χ0v) is 14.0. The topological polar surface area (TPSA) is 33.1 Å². The summed E-state index contributed by atoms with van der Waals surface area (Å²) in [6.45, 7) is 6.44. The highest BCUT2D eigenvalue weighted by atomic mass is 32.1. The Labute approximate surface area is 127 Å². The lowest BCUT2D eigenvalue weighted by atomic mass is 9.77. The predicted octanol–water partition coefficient (Wildman–Crippen LogP) is 4.66. The number of hydrogen-bond acceptors (Lipinski definition) is 3. The van der Waals surface area contributed by atoms with Crippen LogP contribution in [0.5, 0.6) is 0 Å². The monoisotopic (exact) mass is 295 g/mol. The zero-order valence-electron chi connectivity index (χ0n) is 13.2. The molecule has 20 heavy (non-hydrogen) atoms. The number of hydrogen-bond donors (Lipinski definition) is 1. The molecule has 1 heterocycles. The van der Waals surface area contributed by atoms with E-state index in [-0.39, 0.29) is 6.10 Å². The number of aliphatic hydroxyl groups excluding tert-OH is 1. The molecule has 0 aromatic carbocycles. The molecule has 1 aromatic rings. The molecule has 0 bridgehead atoms. The van der Waals surface area contributed by atoms with E-state index in [1.54, 1.807) is 11.3 Å². The van der Waals surface area contributed by atoms with E-state index < -0.39 is 0 Å². The fourth-order valence-electron chi connectivity index (χ4n) is 3.33. The summed E-state index contributed by atoms with van der Waals surface area (Å²) in [5.41, 5.74) is 1.13. The summed E-state index contributed by atoms with van der Waals surface area (Å²) in [6.07, 6.45) is 9.69. The van der Waals surface area contributed by atoms with Crippen LogP contribution in [0.25, 0.3) is 0 Å². The highest BCUT2D eigenvalue weighted by molar-refractivity contribution is 7.11. The molecule has 1 saturated carbocycles. The fraction of sp³-hybridized carbons (Fsp3) is 0.824. The zero-order chi connectivity index (χ0) is 14.5. The first-order valence-corrected chi connectivity index (χ1v) is 9.02. The minimum absolute atomic E-state index is 0.188. The van der Waals surface area contributed by atoms with Crippen LogP contribution in [0.1, 0.15) is 67.4 Å². The highest BCUT2D eigenvalue weighted by Gasteiger charge is 2.26. The Bertz CT molecular complexity index is 388. The SMILES string of the molecule is CCCCC1CCC(C(O)Cc2nc(C)c(C)s2)CC1. The van der Waals surface area contributed by atoms with Gasteiger partial charge in [-0.1, -0.05) is 39.0 Å². The third kappa shape index (κ3) is 4.29.